The zero-order valence-corrected chi connectivity index (χ0v) is 18.9. The number of aliphatic hydroxyl groups excluding tert-OH is 1. The maximum Gasteiger partial charge on any atom is 0.186 e. The van der Waals surface area contributed by atoms with Gasteiger partial charge in [0.2, 0.25) is 0 Å². The molecule has 3 aromatic rings. The molecular formula is C24H24N2O3S2. The summed E-state index contributed by atoms with van der Waals surface area (Å²) >= 11 is 2.62. The van der Waals surface area contributed by atoms with Gasteiger partial charge in [-0.05, 0) is 53.9 Å². The van der Waals surface area contributed by atoms with Gasteiger partial charge in [-0.3, -0.25) is 14.6 Å². The number of benzene rings is 2. The number of nitrogens with zero attached hydrogens (tertiary/aromatic N) is 2. The first-order valence-corrected chi connectivity index (χ1v) is 11.8. The molecule has 0 spiro atoms. The topological polar surface area (TPSA) is 70.5 Å². The molecule has 1 N–H and O–H groups in total. The van der Waals surface area contributed by atoms with E-state index in [0.29, 0.717) is 12.1 Å². The lowest BCUT2D eigenvalue weighted by atomic mass is 10.1. The fraction of sp³-hybridized carbons (Fsp3) is 0.208. The highest BCUT2D eigenvalue weighted by molar-refractivity contribution is 8.14. The van der Waals surface area contributed by atoms with Gasteiger partial charge in [0, 0.05) is 35.7 Å². The second-order valence-corrected chi connectivity index (χ2v) is 8.90. The summed E-state index contributed by atoms with van der Waals surface area (Å²) in [4.78, 5) is 27.6. The molecule has 0 bridgehead atoms. The summed E-state index contributed by atoms with van der Waals surface area (Å²) in [5, 5.41) is 9.41. The SMILES string of the molecule is CC(=O)SCC(=O)c1ccc(N(CCO)SCc2ccc(-c3ccccn3)cc2)cc1. The predicted octanol–water partition coefficient (Wildman–Crippen LogP) is 4.86. The number of carbonyl (C=O) groups excluding carboxylic acids is 2. The first-order chi connectivity index (χ1) is 15.1. The molecule has 1 heterocycles. The minimum Gasteiger partial charge on any atom is -0.394 e. The Hall–Kier alpha value is -2.61. The van der Waals surface area contributed by atoms with Crippen LogP contribution in [0.15, 0.2) is 72.9 Å². The van der Waals surface area contributed by atoms with Crippen LogP contribution in [0, 0.1) is 0 Å². The van der Waals surface area contributed by atoms with Gasteiger partial charge in [0.05, 0.1) is 24.6 Å². The summed E-state index contributed by atoms with van der Waals surface area (Å²) < 4.78 is 2.02. The van der Waals surface area contributed by atoms with Crippen molar-refractivity contribution < 1.29 is 14.7 Å². The Morgan fingerprint density at radius 1 is 1.00 bits per heavy atom. The van der Waals surface area contributed by atoms with Crippen molar-refractivity contribution >= 4 is 40.3 Å². The standard InChI is InChI=1S/C24H24N2O3S2/c1-18(28)30-17-24(29)21-9-11-22(12-10-21)26(14-15-27)31-16-19-5-7-20(8-6-19)23-4-2-3-13-25-23/h2-13,27H,14-17H2,1H3. The Morgan fingerprint density at radius 3 is 2.35 bits per heavy atom. The van der Waals surface area contributed by atoms with Gasteiger partial charge in [0.1, 0.15) is 0 Å². The molecule has 0 saturated heterocycles. The van der Waals surface area contributed by atoms with Crippen LogP contribution in [0.2, 0.25) is 0 Å². The lowest BCUT2D eigenvalue weighted by molar-refractivity contribution is -0.109. The first-order valence-electron chi connectivity index (χ1n) is 9.85. The molecule has 31 heavy (non-hydrogen) atoms. The average Bonchev–Trinajstić information content (AvgIpc) is 2.81. The van der Waals surface area contributed by atoms with Crippen LogP contribution in [0.5, 0.6) is 0 Å². The van der Waals surface area contributed by atoms with Crippen LogP contribution in [-0.4, -0.2) is 39.9 Å². The Balaban J connectivity index is 1.62. The largest absolute Gasteiger partial charge is 0.394 e. The molecule has 0 unspecified atom stereocenters. The maximum absolute atomic E-state index is 12.2. The quantitative estimate of drug-likeness (QED) is 0.348. The number of anilines is 1. The number of aliphatic hydroxyl groups is 1. The fourth-order valence-electron chi connectivity index (χ4n) is 2.88. The van der Waals surface area contributed by atoms with Gasteiger partial charge >= 0.3 is 0 Å². The number of hydrogen-bond donors (Lipinski definition) is 1. The number of ketones is 1. The summed E-state index contributed by atoms with van der Waals surface area (Å²) in [5.41, 5.74) is 4.68. The van der Waals surface area contributed by atoms with Crippen molar-refractivity contribution in [3.8, 4) is 11.3 Å². The number of pyridine rings is 1. The second kappa shape index (κ2) is 11.7. The molecule has 2 aromatic carbocycles. The van der Waals surface area contributed by atoms with Crippen molar-refractivity contribution in [3.63, 3.8) is 0 Å². The molecule has 0 aliphatic rings. The average molecular weight is 453 g/mol. The van der Waals surface area contributed by atoms with E-state index in [1.165, 1.54) is 12.5 Å². The van der Waals surface area contributed by atoms with Crippen molar-refractivity contribution in [2.45, 2.75) is 12.7 Å². The summed E-state index contributed by atoms with van der Waals surface area (Å²) in [6.07, 6.45) is 1.78. The van der Waals surface area contributed by atoms with Crippen LogP contribution in [0.1, 0.15) is 22.8 Å². The highest BCUT2D eigenvalue weighted by Crippen LogP contribution is 2.27. The van der Waals surface area contributed by atoms with Crippen LogP contribution < -0.4 is 4.31 Å². The predicted molar refractivity (Wildman–Crippen MR) is 129 cm³/mol. The minimum absolute atomic E-state index is 0.0293. The third-order valence-corrected chi connectivity index (χ3v) is 6.47. The van der Waals surface area contributed by atoms with Crippen LogP contribution in [0.4, 0.5) is 5.69 Å². The molecule has 160 valence electrons. The van der Waals surface area contributed by atoms with Gasteiger partial charge in [-0.2, -0.15) is 0 Å². The van der Waals surface area contributed by atoms with Gasteiger partial charge in [-0.15, -0.1) is 0 Å². The molecule has 7 heteroatoms. The zero-order chi connectivity index (χ0) is 22.1. The lowest BCUT2D eigenvalue weighted by Crippen LogP contribution is -2.19. The highest BCUT2D eigenvalue weighted by atomic mass is 32.2. The fourth-order valence-corrected chi connectivity index (χ4v) is 4.36. The molecule has 0 atom stereocenters. The van der Waals surface area contributed by atoms with E-state index < -0.39 is 0 Å². The third kappa shape index (κ3) is 6.95. The van der Waals surface area contributed by atoms with E-state index in [9.17, 15) is 14.7 Å². The first kappa shape index (κ1) is 23.1. The molecule has 0 aliphatic heterocycles. The van der Waals surface area contributed by atoms with Crippen LogP contribution in [0.25, 0.3) is 11.3 Å². The Morgan fingerprint density at radius 2 is 1.74 bits per heavy atom. The second-order valence-electron chi connectivity index (χ2n) is 6.76. The van der Waals surface area contributed by atoms with Crippen LogP contribution in [-0.2, 0) is 10.5 Å². The number of aromatic nitrogens is 1. The number of thioether (sulfide) groups is 1. The molecule has 3 rings (SSSR count). The van der Waals surface area contributed by atoms with Crippen molar-refractivity contribution in [2.75, 3.05) is 23.2 Å². The van der Waals surface area contributed by atoms with Crippen molar-refractivity contribution in [2.24, 2.45) is 0 Å². The van der Waals surface area contributed by atoms with E-state index in [2.05, 4.69) is 29.2 Å². The molecule has 0 amide bonds. The van der Waals surface area contributed by atoms with Gasteiger partial charge < -0.3 is 9.41 Å². The van der Waals surface area contributed by atoms with Gasteiger partial charge in [0.15, 0.2) is 10.9 Å². The van der Waals surface area contributed by atoms with E-state index in [1.54, 1.807) is 30.3 Å². The Kier molecular flexibility index (Phi) is 8.70. The van der Waals surface area contributed by atoms with Gasteiger partial charge in [-0.25, -0.2) is 0 Å². The van der Waals surface area contributed by atoms with Gasteiger partial charge in [-0.1, -0.05) is 42.1 Å². The zero-order valence-electron chi connectivity index (χ0n) is 17.2. The van der Waals surface area contributed by atoms with E-state index in [-0.39, 0.29) is 23.3 Å². The smallest absolute Gasteiger partial charge is 0.186 e. The summed E-state index contributed by atoms with van der Waals surface area (Å²) in [7, 11) is 0. The van der Waals surface area contributed by atoms with Crippen LogP contribution in [0.3, 0.4) is 0 Å². The maximum atomic E-state index is 12.2. The highest BCUT2D eigenvalue weighted by Gasteiger charge is 2.11. The third-order valence-electron chi connectivity index (χ3n) is 4.49. The number of rotatable bonds is 10. The van der Waals surface area contributed by atoms with Gasteiger partial charge in [0.25, 0.3) is 0 Å². The molecule has 0 fully saturated rings. The Bertz CT molecular complexity index is 994. The van der Waals surface area contributed by atoms with E-state index in [0.717, 1.165) is 34.5 Å². The molecule has 0 radical (unpaired) electrons. The Labute approximate surface area is 191 Å². The molecule has 0 aliphatic carbocycles. The van der Waals surface area contributed by atoms with Crippen molar-refractivity contribution in [3.05, 3.63) is 84.1 Å². The van der Waals surface area contributed by atoms with E-state index in [4.69, 9.17) is 0 Å². The minimum atomic E-state index is -0.0684. The summed E-state index contributed by atoms with van der Waals surface area (Å²) in [5.74, 6) is 0.831. The molecule has 1 aromatic heterocycles. The van der Waals surface area contributed by atoms with Crippen molar-refractivity contribution in [1.29, 1.82) is 0 Å². The van der Waals surface area contributed by atoms with E-state index >= 15 is 0 Å². The number of carbonyl (C=O) groups is 2. The molecule has 5 nitrogen and oxygen atoms in total. The summed E-state index contributed by atoms with van der Waals surface area (Å²) in [6, 6.07) is 21.4. The number of Topliss-reactive ketones (excluding diaryl/α,β-unsaturated/α-hetero) is 1. The monoisotopic (exact) mass is 452 g/mol. The van der Waals surface area contributed by atoms with Crippen LogP contribution >= 0.6 is 23.7 Å². The lowest BCUT2D eigenvalue weighted by Gasteiger charge is -2.22. The van der Waals surface area contributed by atoms with Crippen molar-refractivity contribution in [1.82, 2.24) is 4.98 Å². The molecular weight excluding hydrogens is 428 g/mol. The molecule has 0 saturated carbocycles. The normalized spacial score (nSPS) is 10.6. The van der Waals surface area contributed by atoms with E-state index in [1.807, 2.05) is 34.6 Å². The number of hydrogen-bond acceptors (Lipinski definition) is 7. The summed E-state index contributed by atoms with van der Waals surface area (Å²) in [6.45, 7) is 1.96.